The molecule has 0 amide bonds. The molecule has 0 aromatic heterocycles. The van der Waals surface area contributed by atoms with E-state index in [0.29, 0.717) is 5.57 Å². The molecule has 0 bridgehead atoms. The number of carbonyl (C=O) groups excluding carboxylic acids is 1. The fourth-order valence-electron chi connectivity index (χ4n) is 1.66. The zero-order valence-corrected chi connectivity index (χ0v) is 9.71. The number of rotatable bonds is 6. The molecule has 1 fully saturated rings. The molecule has 0 heterocycles. The van der Waals surface area contributed by atoms with E-state index in [0.717, 1.165) is 19.0 Å². The Bertz CT molecular complexity index is 232. The zero-order valence-electron chi connectivity index (χ0n) is 9.71. The fourth-order valence-corrected chi connectivity index (χ4v) is 1.66. The maximum absolute atomic E-state index is 11.0. The van der Waals surface area contributed by atoms with E-state index in [2.05, 4.69) is 10.1 Å². The van der Waals surface area contributed by atoms with Gasteiger partial charge in [-0.05, 0) is 25.8 Å². The van der Waals surface area contributed by atoms with Gasteiger partial charge in [0.15, 0.2) is 0 Å². The van der Waals surface area contributed by atoms with Crippen molar-refractivity contribution >= 4 is 5.97 Å². The number of hydrogen-bond donors (Lipinski definition) is 1. The van der Waals surface area contributed by atoms with Crippen molar-refractivity contribution in [1.82, 2.24) is 5.32 Å². The van der Waals surface area contributed by atoms with Gasteiger partial charge in [0.1, 0.15) is 0 Å². The first-order valence-electron chi connectivity index (χ1n) is 5.70. The van der Waals surface area contributed by atoms with Crippen molar-refractivity contribution in [3.05, 3.63) is 11.6 Å². The van der Waals surface area contributed by atoms with E-state index in [1.165, 1.54) is 32.8 Å². The molecule has 15 heavy (non-hydrogen) atoms. The van der Waals surface area contributed by atoms with Crippen LogP contribution in [0.3, 0.4) is 0 Å². The third-order valence-corrected chi connectivity index (χ3v) is 3.01. The molecule has 1 aliphatic rings. The topological polar surface area (TPSA) is 38.3 Å². The van der Waals surface area contributed by atoms with E-state index in [4.69, 9.17) is 0 Å². The van der Waals surface area contributed by atoms with Crippen molar-refractivity contribution < 1.29 is 9.53 Å². The smallest absolute Gasteiger partial charge is 0.333 e. The van der Waals surface area contributed by atoms with Crippen molar-refractivity contribution in [1.29, 1.82) is 0 Å². The number of hydrogen-bond acceptors (Lipinski definition) is 3. The summed E-state index contributed by atoms with van der Waals surface area (Å²) in [7, 11) is 1.41. The highest BCUT2D eigenvalue weighted by Gasteiger charge is 2.15. The molecule has 0 saturated heterocycles. The van der Waals surface area contributed by atoms with Gasteiger partial charge in [0.05, 0.1) is 7.11 Å². The number of ether oxygens (including phenoxy) is 1. The Balaban J connectivity index is 2.01. The van der Waals surface area contributed by atoms with Gasteiger partial charge in [-0.15, -0.1) is 0 Å². The quantitative estimate of drug-likeness (QED) is 0.414. The minimum atomic E-state index is -0.240. The normalized spacial score (nSPS) is 17.3. The van der Waals surface area contributed by atoms with E-state index in [1.807, 2.05) is 6.08 Å². The highest BCUT2D eigenvalue weighted by atomic mass is 16.5. The lowest BCUT2D eigenvalue weighted by molar-refractivity contribution is -0.136. The van der Waals surface area contributed by atoms with E-state index in [9.17, 15) is 4.79 Å². The van der Waals surface area contributed by atoms with Crippen LogP contribution in [0.5, 0.6) is 0 Å². The van der Waals surface area contributed by atoms with Gasteiger partial charge in [-0.3, -0.25) is 0 Å². The largest absolute Gasteiger partial charge is 0.466 e. The Hall–Kier alpha value is -0.830. The summed E-state index contributed by atoms with van der Waals surface area (Å²) < 4.78 is 4.60. The average molecular weight is 211 g/mol. The van der Waals surface area contributed by atoms with Gasteiger partial charge in [0.2, 0.25) is 0 Å². The predicted octanol–water partition coefficient (Wildman–Crippen LogP) is 1.89. The molecule has 0 aromatic carbocycles. The third kappa shape index (κ3) is 4.47. The minimum Gasteiger partial charge on any atom is -0.466 e. The molecule has 1 saturated carbocycles. The van der Waals surface area contributed by atoms with Gasteiger partial charge in [0, 0.05) is 12.1 Å². The van der Waals surface area contributed by atoms with E-state index >= 15 is 0 Å². The molecular formula is C12H21NO2. The number of methoxy groups -OCH3 is 1. The molecule has 3 nitrogen and oxygen atoms in total. The summed E-state index contributed by atoms with van der Waals surface area (Å²) in [5.74, 6) is 0.707. The van der Waals surface area contributed by atoms with Gasteiger partial charge < -0.3 is 10.1 Å². The van der Waals surface area contributed by atoms with Crippen LogP contribution in [0, 0.1) is 5.92 Å². The molecule has 3 heteroatoms. The van der Waals surface area contributed by atoms with Crippen LogP contribution in [0.2, 0.25) is 0 Å². The molecule has 0 spiro atoms. The molecule has 0 aromatic rings. The molecule has 0 atom stereocenters. The van der Waals surface area contributed by atoms with Crippen LogP contribution in [-0.4, -0.2) is 26.2 Å². The highest BCUT2D eigenvalue weighted by Crippen LogP contribution is 2.28. The van der Waals surface area contributed by atoms with Crippen LogP contribution in [0.25, 0.3) is 0 Å². The van der Waals surface area contributed by atoms with Crippen LogP contribution in [0.4, 0.5) is 0 Å². The van der Waals surface area contributed by atoms with Crippen LogP contribution >= 0.6 is 0 Å². The maximum atomic E-state index is 11.0. The summed E-state index contributed by atoms with van der Waals surface area (Å²) >= 11 is 0. The van der Waals surface area contributed by atoms with Gasteiger partial charge in [0.25, 0.3) is 0 Å². The number of carbonyl (C=O) groups is 1. The second-order valence-corrected chi connectivity index (χ2v) is 4.17. The SMILES string of the molecule is COC(=O)C(C)=CCNCCC1CCC1. The van der Waals surface area contributed by atoms with Crippen molar-refractivity contribution in [3.8, 4) is 0 Å². The van der Waals surface area contributed by atoms with Crippen LogP contribution in [-0.2, 0) is 9.53 Å². The molecule has 1 rings (SSSR count). The maximum Gasteiger partial charge on any atom is 0.333 e. The molecule has 0 aliphatic heterocycles. The Kier molecular flexibility index (Phi) is 5.40. The lowest BCUT2D eigenvalue weighted by Crippen LogP contribution is -2.21. The molecule has 86 valence electrons. The Labute approximate surface area is 91.9 Å². The first kappa shape index (κ1) is 12.2. The lowest BCUT2D eigenvalue weighted by Gasteiger charge is -2.25. The summed E-state index contributed by atoms with van der Waals surface area (Å²) in [4.78, 5) is 11.0. The van der Waals surface area contributed by atoms with Crippen LogP contribution in [0.1, 0.15) is 32.6 Å². The van der Waals surface area contributed by atoms with Crippen LogP contribution < -0.4 is 5.32 Å². The summed E-state index contributed by atoms with van der Waals surface area (Å²) in [6.45, 7) is 3.59. The van der Waals surface area contributed by atoms with E-state index in [1.54, 1.807) is 6.92 Å². The zero-order chi connectivity index (χ0) is 11.1. The standard InChI is InChI=1S/C12H21NO2/c1-10(12(14)15-2)6-8-13-9-7-11-4-3-5-11/h6,11,13H,3-5,7-9H2,1-2H3. The van der Waals surface area contributed by atoms with Crippen LogP contribution in [0.15, 0.2) is 11.6 Å². The Morgan fingerprint density at radius 3 is 2.80 bits per heavy atom. The van der Waals surface area contributed by atoms with Crippen molar-refractivity contribution in [2.24, 2.45) is 5.92 Å². The molecule has 0 unspecified atom stereocenters. The van der Waals surface area contributed by atoms with Gasteiger partial charge in [-0.2, -0.15) is 0 Å². The van der Waals surface area contributed by atoms with Crippen molar-refractivity contribution in [2.45, 2.75) is 32.6 Å². The molecular weight excluding hydrogens is 190 g/mol. The number of esters is 1. The second-order valence-electron chi connectivity index (χ2n) is 4.17. The average Bonchev–Trinajstić information content (AvgIpc) is 2.18. The van der Waals surface area contributed by atoms with Gasteiger partial charge >= 0.3 is 5.97 Å². The minimum absolute atomic E-state index is 0.240. The molecule has 1 N–H and O–H groups in total. The predicted molar refractivity (Wildman–Crippen MR) is 60.6 cm³/mol. The Morgan fingerprint density at radius 2 is 2.27 bits per heavy atom. The van der Waals surface area contributed by atoms with E-state index in [-0.39, 0.29) is 5.97 Å². The van der Waals surface area contributed by atoms with Crippen molar-refractivity contribution in [3.63, 3.8) is 0 Å². The summed E-state index contributed by atoms with van der Waals surface area (Å²) in [5, 5.41) is 3.31. The molecule has 0 radical (unpaired) electrons. The summed E-state index contributed by atoms with van der Waals surface area (Å²) in [6, 6.07) is 0. The number of nitrogens with one attached hydrogen (secondary N) is 1. The van der Waals surface area contributed by atoms with Crippen molar-refractivity contribution in [2.75, 3.05) is 20.2 Å². The monoisotopic (exact) mass is 211 g/mol. The summed E-state index contributed by atoms with van der Waals surface area (Å²) in [5.41, 5.74) is 0.675. The first-order valence-corrected chi connectivity index (χ1v) is 5.70. The Morgan fingerprint density at radius 1 is 1.53 bits per heavy atom. The highest BCUT2D eigenvalue weighted by molar-refractivity contribution is 5.87. The lowest BCUT2D eigenvalue weighted by atomic mass is 9.83. The van der Waals surface area contributed by atoms with Gasteiger partial charge in [-0.25, -0.2) is 4.79 Å². The third-order valence-electron chi connectivity index (χ3n) is 3.01. The van der Waals surface area contributed by atoms with E-state index < -0.39 is 0 Å². The fraction of sp³-hybridized carbons (Fsp3) is 0.750. The first-order chi connectivity index (χ1) is 7.24. The molecule has 1 aliphatic carbocycles. The second kappa shape index (κ2) is 6.62. The van der Waals surface area contributed by atoms with Gasteiger partial charge in [-0.1, -0.05) is 25.3 Å². The summed E-state index contributed by atoms with van der Waals surface area (Å²) in [6.07, 6.45) is 7.36.